The van der Waals surface area contributed by atoms with Gasteiger partial charge in [0.05, 0.1) is 12.2 Å². The molecule has 0 radical (unpaired) electrons. The largest absolute Gasteiger partial charge is 0.463 e. The van der Waals surface area contributed by atoms with E-state index in [0.717, 1.165) is 4.68 Å². The van der Waals surface area contributed by atoms with Crippen LogP contribution in [0.1, 0.15) is 54.7 Å². The Kier molecular flexibility index (Phi) is 10.0. The summed E-state index contributed by atoms with van der Waals surface area (Å²) in [7, 11) is -4.16. The summed E-state index contributed by atoms with van der Waals surface area (Å²) in [6.45, 7) is 10.0. The van der Waals surface area contributed by atoms with Crippen LogP contribution < -0.4 is 5.44 Å². The molecule has 1 aliphatic rings. The van der Waals surface area contributed by atoms with Gasteiger partial charge in [0.2, 0.25) is 0 Å². The normalized spacial score (nSPS) is 21.3. The minimum absolute atomic E-state index is 0.0482. The smallest absolute Gasteiger partial charge is 0.382 e. The van der Waals surface area contributed by atoms with Crippen LogP contribution in [-0.2, 0) is 46.9 Å². The molecule has 1 saturated heterocycles. The zero-order valence-corrected chi connectivity index (χ0v) is 23.8. The minimum atomic E-state index is -4.16. The molecule has 2 heterocycles. The van der Waals surface area contributed by atoms with Crippen LogP contribution in [-0.4, -0.2) is 70.0 Å². The molecule has 0 bridgehead atoms. The fourth-order valence-corrected chi connectivity index (χ4v) is 6.26. The molecule has 0 amide bonds. The first kappa shape index (κ1) is 30.4. The highest BCUT2D eigenvalue weighted by Crippen LogP contribution is 2.52. The molecule has 14 heteroatoms. The van der Waals surface area contributed by atoms with Crippen molar-refractivity contribution in [2.75, 3.05) is 6.61 Å². The van der Waals surface area contributed by atoms with Gasteiger partial charge in [-0.3, -0.25) is 18.9 Å². The Hall–Kier alpha value is -3.12. The number of hydrogen-bond acceptors (Lipinski definition) is 12. The Morgan fingerprint density at radius 2 is 1.49 bits per heavy atom. The van der Waals surface area contributed by atoms with E-state index in [4.69, 9.17) is 28.0 Å². The van der Waals surface area contributed by atoms with Crippen molar-refractivity contribution in [3.63, 3.8) is 0 Å². The lowest BCUT2D eigenvalue weighted by atomic mass is 10.1. The number of rotatable bonds is 11. The van der Waals surface area contributed by atoms with E-state index in [9.17, 15) is 18.9 Å². The van der Waals surface area contributed by atoms with E-state index >= 15 is 0 Å². The predicted octanol–water partition coefficient (Wildman–Crippen LogP) is 2.94. The highest BCUT2D eigenvalue weighted by atomic mass is 31.2. The van der Waals surface area contributed by atoms with Gasteiger partial charge in [-0.15, -0.1) is 5.10 Å². The Bertz CT molecular complexity index is 1200. The van der Waals surface area contributed by atoms with E-state index in [1.54, 1.807) is 52.0 Å². The van der Waals surface area contributed by atoms with Crippen LogP contribution in [0.15, 0.2) is 30.3 Å². The lowest BCUT2D eigenvalue weighted by Gasteiger charge is -2.27. The van der Waals surface area contributed by atoms with Crippen molar-refractivity contribution in [2.24, 2.45) is 0 Å². The van der Waals surface area contributed by atoms with Gasteiger partial charge in [0.15, 0.2) is 23.9 Å². The molecule has 2 aromatic rings. The zero-order chi connectivity index (χ0) is 28.9. The maximum Gasteiger partial charge on any atom is 0.382 e. The minimum Gasteiger partial charge on any atom is -0.463 e. The lowest BCUT2D eigenvalue weighted by Crippen LogP contribution is -2.41. The van der Waals surface area contributed by atoms with Gasteiger partial charge in [0.25, 0.3) is 0 Å². The van der Waals surface area contributed by atoms with Gasteiger partial charge in [0, 0.05) is 26.3 Å². The fraction of sp³-hybridized carbons (Fsp3) is 0.560. The van der Waals surface area contributed by atoms with Gasteiger partial charge in [0.1, 0.15) is 18.4 Å². The third-order valence-corrected chi connectivity index (χ3v) is 7.59. The van der Waals surface area contributed by atoms with Crippen LogP contribution >= 0.6 is 7.60 Å². The van der Waals surface area contributed by atoms with E-state index in [0.29, 0.717) is 5.56 Å². The fourth-order valence-electron chi connectivity index (χ4n) is 4.07. The molecule has 214 valence electrons. The summed E-state index contributed by atoms with van der Waals surface area (Å²) in [4.78, 5) is 35.6. The number of carbonyl (C=O) groups is 3. The third kappa shape index (κ3) is 7.51. The van der Waals surface area contributed by atoms with E-state index in [1.807, 2.05) is 6.07 Å². The van der Waals surface area contributed by atoms with Crippen LogP contribution in [0.25, 0.3) is 11.3 Å². The summed E-state index contributed by atoms with van der Waals surface area (Å²) < 4.78 is 49.6. The van der Waals surface area contributed by atoms with Crippen molar-refractivity contribution in [3.8, 4) is 11.3 Å². The monoisotopic (exact) mass is 567 g/mol. The topological polar surface area (TPSA) is 154 Å². The summed E-state index contributed by atoms with van der Waals surface area (Å²) >= 11 is 0. The van der Waals surface area contributed by atoms with Gasteiger partial charge in [-0.05, 0) is 27.7 Å². The Labute approximate surface area is 226 Å². The quantitative estimate of drug-likeness (QED) is 0.223. The molecule has 0 saturated carbocycles. The van der Waals surface area contributed by atoms with Crippen molar-refractivity contribution < 1.29 is 46.9 Å². The second-order valence-electron chi connectivity index (χ2n) is 9.39. The maximum atomic E-state index is 14.5. The average Bonchev–Trinajstić information content (AvgIpc) is 3.39. The molecule has 4 unspecified atom stereocenters. The molecular weight excluding hydrogens is 533 g/mol. The first-order valence-electron chi connectivity index (χ1n) is 12.4. The number of nitrogens with zero attached hydrogens (tertiary/aromatic N) is 3. The van der Waals surface area contributed by atoms with Crippen molar-refractivity contribution in [2.45, 2.75) is 85.2 Å². The Morgan fingerprint density at radius 1 is 0.923 bits per heavy atom. The SMILES string of the molecule is CC(=O)OCC1OC(n2nnc(-c3ccccc3)c2P(=O)(OC(C)C)OC(C)C)C(OC(C)=O)C1OC(C)=O. The number of ether oxygens (including phenoxy) is 4. The molecular formula is C25H34N3O10P. The second kappa shape index (κ2) is 12.8. The highest BCUT2D eigenvalue weighted by Gasteiger charge is 2.53. The van der Waals surface area contributed by atoms with Crippen molar-refractivity contribution in [1.82, 2.24) is 15.0 Å². The molecule has 1 aliphatic heterocycles. The zero-order valence-electron chi connectivity index (χ0n) is 22.9. The van der Waals surface area contributed by atoms with Crippen molar-refractivity contribution in [3.05, 3.63) is 30.3 Å². The van der Waals surface area contributed by atoms with Gasteiger partial charge >= 0.3 is 25.5 Å². The van der Waals surface area contributed by atoms with E-state index in [1.165, 1.54) is 20.8 Å². The molecule has 1 aromatic heterocycles. The first-order chi connectivity index (χ1) is 18.3. The molecule has 4 atom stereocenters. The number of aromatic nitrogens is 3. The summed E-state index contributed by atoms with van der Waals surface area (Å²) in [5, 5.41) is 8.50. The number of esters is 3. The van der Waals surface area contributed by atoms with E-state index < -0.39 is 62.3 Å². The summed E-state index contributed by atoms with van der Waals surface area (Å²) in [5.41, 5.74) is 0.708. The molecule has 0 N–H and O–H groups in total. The van der Waals surface area contributed by atoms with Gasteiger partial charge < -0.3 is 28.0 Å². The first-order valence-corrected chi connectivity index (χ1v) is 14.0. The molecule has 13 nitrogen and oxygen atoms in total. The van der Waals surface area contributed by atoms with Gasteiger partial charge in [-0.1, -0.05) is 35.5 Å². The van der Waals surface area contributed by atoms with E-state index in [-0.39, 0.29) is 17.7 Å². The summed E-state index contributed by atoms with van der Waals surface area (Å²) in [6.07, 6.45) is -5.88. The lowest BCUT2D eigenvalue weighted by molar-refractivity contribution is -0.166. The summed E-state index contributed by atoms with van der Waals surface area (Å²) in [5.74, 6) is -1.99. The van der Waals surface area contributed by atoms with Gasteiger partial charge in [-0.2, -0.15) is 0 Å². The van der Waals surface area contributed by atoms with Crippen LogP contribution in [0.3, 0.4) is 0 Å². The average molecular weight is 568 g/mol. The highest BCUT2D eigenvalue weighted by molar-refractivity contribution is 7.62. The molecule has 1 fully saturated rings. The molecule has 1 aromatic carbocycles. The van der Waals surface area contributed by atoms with Gasteiger partial charge in [-0.25, -0.2) is 4.68 Å². The Balaban J connectivity index is 2.24. The summed E-state index contributed by atoms with van der Waals surface area (Å²) in [6, 6.07) is 8.85. The van der Waals surface area contributed by atoms with Crippen LogP contribution in [0.4, 0.5) is 0 Å². The number of carbonyl (C=O) groups excluding carboxylic acids is 3. The number of benzene rings is 1. The molecule has 39 heavy (non-hydrogen) atoms. The van der Waals surface area contributed by atoms with E-state index in [2.05, 4.69) is 10.3 Å². The Morgan fingerprint density at radius 3 is 2.00 bits per heavy atom. The maximum absolute atomic E-state index is 14.5. The molecule has 3 rings (SSSR count). The van der Waals surface area contributed by atoms with Crippen LogP contribution in [0, 0.1) is 0 Å². The van der Waals surface area contributed by atoms with Crippen molar-refractivity contribution in [1.29, 1.82) is 0 Å². The predicted molar refractivity (Wildman–Crippen MR) is 137 cm³/mol. The third-order valence-electron chi connectivity index (χ3n) is 5.26. The standard InChI is InChI=1S/C25H34N3O10P/c1-14(2)37-39(32,38-15(3)4)25-21(19-11-9-8-10-12-19)26-27-28(25)24-23(35-18(7)31)22(34-17(6)30)20(36-24)13-33-16(5)29/h8-12,14-15,20,22-24H,13H2,1-7H3. The molecule has 0 spiro atoms. The molecule has 0 aliphatic carbocycles. The van der Waals surface area contributed by atoms with Crippen LogP contribution in [0.5, 0.6) is 0 Å². The number of hydrogen-bond donors (Lipinski definition) is 0. The van der Waals surface area contributed by atoms with Crippen LogP contribution in [0.2, 0.25) is 0 Å². The second-order valence-corrected chi connectivity index (χ2v) is 11.2. The van der Waals surface area contributed by atoms with Crippen molar-refractivity contribution >= 4 is 30.9 Å².